The number of fused-ring (bicyclic) bond motifs is 1. The molecule has 2 aromatic rings. The summed E-state index contributed by atoms with van der Waals surface area (Å²) in [6.45, 7) is 4.48. The molecule has 2 heteroatoms. The zero-order valence-electron chi connectivity index (χ0n) is 11.9. The molecule has 1 atom stereocenters. The van der Waals surface area contributed by atoms with Crippen molar-refractivity contribution < 1.29 is 0 Å². The second kappa shape index (κ2) is 6.69. The molecule has 0 aliphatic rings. The highest BCUT2D eigenvalue weighted by molar-refractivity contribution is 5.85. The van der Waals surface area contributed by atoms with E-state index in [1.807, 2.05) is 0 Å². The van der Waals surface area contributed by atoms with Crippen LogP contribution in [0, 0.1) is 5.92 Å². The summed E-state index contributed by atoms with van der Waals surface area (Å²) in [6.07, 6.45) is 3.32. The zero-order valence-corrected chi connectivity index (χ0v) is 11.9. The molecule has 0 amide bonds. The van der Waals surface area contributed by atoms with Gasteiger partial charge in [0.25, 0.3) is 0 Å². The van der Waals surface area contributed by atoms with E-state index in [1.54, 1.807) is 0 Å². The van der Waals surface area contributed by atoms with Gasteiger partial charge in [-0.3, -0.25) is 11.3 Å². The van der Waals surface area contributed by atoms with Gasteiger partial charge >= 0.3 is 0 Å². The van der Waals surface area contributed by atoms with Gasteiger partial charge in [-0.25, -0.2) is 0 Å². The van der Waals surface area contributed by atoms with E-state index in [-0.39, 0.29) is 0 Å². The van der Waals surface area contributed by atoms with Crippen molar-refractivity contribution in [3.63, 3.8) is 0 Å². The molecule has 0 bridgehead atoms. The SMILES string of the molecule is CCC(CC)C(Cc1cccc2ccccc12)NN. The van der Waals surface area contributed by atoms with E-state index in [4.69, 9.17) is 5.84 Å². The lowest BCUT2D eigenvalue weighted by Gasteiger charge is -2.25. The van der Waals surface area contributed by atoms with E-state index in [1.165, 1.54) is 16.3 Å². The van der Waals surface area contributed by atoms with Crippen LogP contribution in [0.5, 0.6) is 0 Å². The summed E-state index contributed by atoms with van der Waals surface area (Å²) in [5, 5.41) is 2.65. The number of rotatable bonds is 6. The van der Waals surface area contributed by atoms with Gasteiger partial charge < -0.3 is 0 Å². The van der Waals surface area contributed by atoms with Crippen LogP contribution in [0.4, 0.5) is 0 Å². The number of hydrogen-bond acceptors (Lipinski definition) is 2. The van der Waals surface area contributed by atoms with Crippen molar-refractivity contribution in [2.75, 3.05) is 0 Å². The molecular formula is C17H24N2. The predicted octanol–water partition coefficient (Wildman–Crippen LogP) is 3.65. The Bertz CT molecular complexity index is 512. The molecule has 2 nitrogen and oxygen atoms in total. The monoisotopic (exact) mass is 256 g/mol. The number of hydrogen-bond donors (Lipinski definition) is 2. The van der Waals surface area contributed by atoms with Gasteiger partial charge in [-0.15, -0.1) is 0 Å². The van der Waals surface area contributed by atoms with Gasteiger partial charge in [-0.2, -0.15) is 0 Å². The molecule has 102 valence electrons. The maximum Gasteiger partial charge on any atom is 0.0279 e. The molecule has 2 rings (SSSR count). The van der Waals surface area contributed by atoms with Crippen LogP contribution in [0.15, 0.2) is 42.5 Å². The molecule has 3 N–H and O–H groups in total. The summed E-state index contributed by atoms with van der Waals surface area (Å²) in [5.41, 5.74) is 4.40. The van der Waals surface area contributed by atoms with Crippen LogP contribution in [0.2, 0.25) is 0 Å². The highest BCUT2D eigenvalue weighted by Crippen LogP contribution is 2.23. The van der Waals surface area contributed by atoms with Gasteiger partial charge in [0.1, 0.15) is 0 Å². The average Bonchev–Trinajstić information content (AvgIpc) is 2.47. The molecule has 0 saturated heterocycles. The van der Waals surface area contributed by atoms with E-state index in [0.717, 1.165) is 19.3 Å². The zero-order chi connectivity index (χ0) is 13.7. The van der Waals surface area contributed by atoms with E-state index in [9.17, 15) is 0 Å². The Labute approximate surface area is 116 Å². The Balaban J connectivity index is 2.29. The molecule has 0 spiro atoms. The maximum absolute atomic E-state index is 5.77. The predicted molar refractivity (Wildman–Crippen MR) is 82.8 cm³/mol. The van der Waals surface area contributed by atoms with Gasteiger partial charge in [-0.1, -0.05) is 69.2 Å². The Morgan fingerprint density at radius 2 is 1.68 bits per heavy atom. The minimum atomic E-state index is 0.348. The third-order valence-corrected chi connectivity index (χ3v) is 4.15. The van der Waals surface area contributed by atoms with E-state index in [0.29, 0.717) is 12.0 Å². The van der Waals surface area contributed by atoms with Crippen molar-refractivity contribution >= 4 is 10.8 Å². The van der Waals surface area contributed by atoms with Crippen molar-refractivity contribution in [2.24, 2.45) is 11.8 Å². The Morgan fingerprint density at radius 1 is 1.00 bits per heavy atom. The summed E-state index contributed by atoms with van der Waals surface area (Å²) in [4.78, 5) is 0. The maximum atomic E-state index is 5.77. The molecule has 0 heterocycles. The van der Waals surface area contributed by atoms with Gasteiger partial charge in [-0.05, 0) is 28.7 Å². The van der Waals surface area contributed by atoms with Crippen LogP contribution in [0.3, 0.4) is 0 Å². The molecule has 0 fully saturated rings. The van der Waals surface area contributed by atoms with Gasteiger partial charge in [0, 0.05) is 6.04 Å². The van der Waals surface area contributed by atoms with Crippen LogP contribution in [0.25, 0.3) is 10.8 Å². The van der Waals surface area contributed by atoms with Crippen molar-refractivity contribution in [1.82, 2.24) is 5.43 Å². The van der Waals surface area contributed by atoms with Gasteiger partial charge in [0.05, 0.1) is 0 Å². The van der Waals surface area contributed by atoms with E-state index in [2.05, 4.69) is 61.7 Å². The lowest BCUT2D eigenvalue weighted by Crippen LogP contribution is -2.42. The number of nitrogens with one attached hydrogen (secondary N) is 1. The topological polar surface area (TPSA) is 38.0 Å². The number of hydrazine groups is 1. The van der Waals surface area contributed by atoms with E-state index < -0.39 is 0 Å². The fourth-order valence-corrected chi connectivity index (χ4v) is 2.93. The highest BCUT2D eigenvalue weighted by Gasteiger charge is 2.18. The molecule has 0 radical (unpaired) electrons. The molecule has 0 aromatic heterocycles. The Hall–Kier alpha value is -1.38. The van der Waals surface area contributed by atoms with Crippen LogP contribution in [-0.4, -0.2) is 6.04 Å². The van der Waals surface area contributed by atoms with Gasteiger partial charge in [0.15, 0.2) is 0 Å². The fourth-order valence-electron chi connectivity index (χ4n) is 2.93. The summed E-state index contributed by atoms with van der Waals surface area (Å²) in [5.74, 6) is 6.40. The normalized spacial score (nSPS) is 13.1. The van der Waals surface area contributed by atoms with E-state index >= 15 is 0 Å². The third kappa shape index (κ3) is 3.14. The first-order valence-electron chi connectivity index (χ1n) is 7.22. The lowest BCUT2D eigenvalue weighted by molar-refractivity contribution is 0.336. The Kier molecular flexibility index (Phi) is 4.94. The minimum absolute atomic E-state index is 0.348. The lowest BCUT2D eigenvalue weighted by atomic mass is 9.88. The molecule has 0 aliphatic carbocycles. The van der Waals surface area contributed by atoms with Crippen molar-refractivity contribution in [1.29, 1.82) is 0 Å². The van der Waals surface area contributed by atoms with Crippen LogP contribution in [-0.2, 0) is 6.42 Å². The first-order chi connectivity index (χ1) is 9.30. The summed E-state index contributed by atoms with van der Waals surface area (Å²) in [7, 11) is 0. The molecule has 2 aromatic carbocycles. The fraction of sp³-hybridized carbons (Fsp3) is 0.412. The van der Waals surface area contributed by atoms with Crippen molar-refractivity contribution in [3.8, 4) is 0 Å². The van der Waals surface area contributed by atoms with Gasteiger partial charge in [0.2, 0.25) is 0 Å². The largest absolute Gasteiger partial charge is 0.271 e. The molecule has 19 heavy (non-hydrogen) atoms. The molecule has 0 saturated carbocycles. The summed E-state index contributed by atoms with van der Waals surface area (Å²) < 4.78 is 0. The smallest absolute Gasteiger partial charge is 0.0279 e. The number of benzene rings is 2. The summed E-state index contributed by atoms with van der Waals surface area (Å²) in [6, 6.07) is 15.4. The Morgan fingerprint density at radius 3 is 2.37 bits per heavy atom. The standard InChI is InChI=1S/C17H24N2/c1-3-13(4-2)17(19-18)12-15-10-7-9-14-8-5-6-11-16(14)15/h5-11,13,17,19H,3-4,12,18H2,1-2H3. The minimum Gasteiger partial charge on any atom is -0.271 e. The van der Waals surface area contributed by atoms with Crippen LogP contribution < -0.4 is 11.3 Å². The quantitative estimate of drug-likeness (QED) is 0.611. The van der Waals surface area contributed by atoms with Crippen LogP contribution >= 0.6 is 0 Å². The summed E-state index contributed by atoms with van der Waals surface area (Å²) >= 11 is 0. The average molecular weight is 256 g/mol. The third-order valence-electron chi connectivity index (χ3n) is 4.15. The molecular weight excluding hydrogens is 232 g/mol. The van der Waals surface area contributed by atoms with Crippen molar-refractivity contribution in [3.05, 3.63) is 48.0 Å². The molecule has 0 aliphatic heterocycles. The molecule has 1 unspecified atom stereocenters. The van der Waals surface area contributed by atoms with Crippen LogP contribution in [0.1, 0.15) is 32.3 Å². The highest BCUT2D eigenvalue weighted by atomic mass is 15.2. The second-order valence-corrected chi connectivity index (χ2v) is 5.19. The second-order valence-electron chi connectivity index (χ2n) is 5.19. The number of nitrogens with two attached hydrogens (primary N) is 1. The first kappa shape index (κ1) is 14.0. The van der Waals surface area contributed by atoms with Crippen molar-refractivity contribution in [2.45, 2.75) is 39.2 Å². The first-order valence-corrected chi connectivity index (χ1v) is 7.22.